The van der Waals surface area contributed by atoms with E-state index in [0.29, 0.717) is 25.5 Å². The maximum Gasteiger partial charge on any atom is 0.246 e. The number of pyridine rings is 1. The fourth-order valence-corrected chi connectivity index (χ4v) is 3.65. The Balaban J connectivity index is 1.39. The number of fused-ring (bicyclic) bond motifs is 2. The zero-order valence-electron chi connectivity index (χ0n) is 17.2. The second-order valence-corrected chi connectivity index (χ2v) is 7.70. The second-order valence-electron chi connectivity index (χ2n) is 7.70. The van der Waals surface area contributed by atoms with Gasteiger partial charge in [-0.2, -0.15) is 0 Å². The molecule has 2 N–H and O–H groups in total. The Labute approximate surface area is 175 Å². The van der Waals surface area contributed by atoms with Crippen LogP contribution in [-0.2, 0) is 22.6 Å². The highest BCUT2D eigenvalue weighted by atomic mass is 16.2. The summed E-state index contributed by atoms with van der Waals surface area (Å²) in [5, 5.41) is 4.01. The summed E-state index contributed by atoms with van der Waals surface area (Å²) >= 11 is 0. The molecule has 0 bridgehead atoms. The van der Waals surface area contributed by atoms with Crippen LogP contribution in [0.2, 0.25) is 0 Å². The van der Waals surface area contributed by atoms with Crippen molar-refractivity contribution in [3.8, 4) is 0 Å². The molecule has 30 heavy (non-hydrogen) atoms. The van der Waals surface area contributed by atoms with Crippen LogP contribution in [0, 0.1) is 0 Å². The van der Waals surface area contributed by atoms with Gasteiger partial charge in [-0.3, -0.25) is 14.5 Å². The first kappa shape index (κ1) is 19.8. The molecule has 3 aromatic rings. The normalized spacial score (nSPS) is 14.5. The summed E-state index contributed by atoms with van der Waals surface area (Å²) in [4.78, 5) is 35.6. The molecular weight excluding hydrogens is 378 g/mol. The van der Waals surface area contributed by atoms with Gasteiger partial charge in [-0.05, 0) is 42.8 Å². The molecule has 0 radical (unpaired) electrons. The molecule has 7 heteroatoms. The fourth-order valence-electron chi connectivity index (χ4n) is 3.65. The van der Waals surface area contributed by atoms with Gasteiger partial charge >= 0.3 is 0 Å². The first-order valence-electron chi connectivity index (χ1n) is 9.95. The number of nitrogens with one attached hydrogen (secondary N) is 2. The van der Waals surface area contributed by atoms with Gasteiger partial charge in [0.25, 0.3) is 0 Å². The zero-order valence-corrected chi connectivity index (χ0v) is 17.2. The van der Waals surface area contributed by atoms with E-state index in [0.717, 1.165) is 23.1 Å². The molecule has 0 fully saturated rings. The van der Waals surface area contributed by atoms with Gasteiger partial charge in [0.1, 0.15) is 5.82 Å². The van der Waals surface area contributed by atoms with E-state index in [1.807, 2.05) is 42.4 Å². The SMILES string of the molecule is CN1CC(=O)Nc2ncc(/C=C/C(=O)N(C)CCc3c[nH]c4ccccc34)cc2C1. The van der Waals surface area contributed by atoms with E-state index in [1.165, 1.54) is 10.9 Å². The van der Waals surface area contributed by atoms with Crippen molar-refractivity contribution in [2.45, 2.75) is 13.0 Å². The number of likely N-dealkylation sites (N-methyl/N-ethyl adjacent to an activating group) is 2. The average Bonchev–Trinajstić information content (AvgIpc) is 3.08. The lowest BCUT2D eigenvalue weighted by Crippen LogP contribution is -2.27. The third-order valence-electron chi connectivity index (χ3n) is 5.29. The molecule has 1 aromatic carbocycles. The molecule has 0 saturated heterocycles. The van der Waals surface area contributed by atoms with Crippen LogP contribution < -0.4 is 5.32 Å². The molecule has 1 aliphatic heterocycles. The number of nitrogens with zero attached hydrogens (tertiary/aromatic N) is 3. The number of anilines is 1. The van der Waals surface area contributed by atoms with Crippen molar-refractivity contribution >= 4 is 34.6 Å². The van der Waals surface area contributed by atoms with E-state index >= 15 is 0 Å². The Morgan fingerprint density at radius 1 is 1.30 bits per heavy atom. The summed E-state index contributed by atoms with van der Waals surface area (Å²) in [5.41, 5.74) is 4.08. The Kier molecular flexibility index (Phi) is 5.63. The Bertz CT molecular complexity index is 1120. The molecule has 154 valence electrons. The molecule has 1 aliphatic rings. The quantitative estimate of drug-likeness (QED) is 0.642. The summed E-state index contributed by atoms with van der Waals surface area (Å²) in [5.74, 6) is 0.456. The number of H-pyrrole nitrogens is 1. The van der Waals surface area contributed by atoms with Crippen molar-refractivity contribution in [1.82, 2.24) is 19.8 Å². The minimum absolute atomic E-state index is 0.0600. The number of aromatic nitrogens is 2. The first-order valence-corrected chi connectivity index (χ1v) is 9.95. The number of hydrogen-bond donors (Lipinski definition) is 2. The van der Waals surface area contributed by atoms with E-state index in [-0.39, 0.29) is 11.8 Å². The highest BCUT2D eigenvalue weighted by Gasteiger charge is 2.17. The molecule has 2 amide bonds. The number of aromatic amines is 1. The lowest BCUT2D eigenvalue weighted by atomic mass is 10.1. The minimum atomic E-state index is -0.0703. The van der Waals surface area contributed by atoms with Crippen molar-refractivity contribution in [2.75, 3.05) is 32.5 Å². The van der Waals surface area contributed by atoms with Crippen molar-refractivity contribution in [3.63, 3.8) is 0 Å². The molecule has 0 spiro atoms. The maximum absolute atomic E-state index is 12.5. The third-order valence-corrected chi connectivity index (χ3v) is 5.29. The van der Waals surface area contributed by atoms with E-state index in [2.05, 4.69) is 21.4 Å². The molecule has 7 nitrogen and oxygen atoms in total. The summed E-state index contributed by atoms with van der Waals surface area (Å²) in [6.45, 7) is 1.59. The van der Waals surface area contributed by atoms with Gasteiger partial charge in [-0.15, -0.1) is 0 Å². The minimum Gasteiger partial charge on any atom is -0.361 e. The number of benzene rings is 1. The van der Waals surface area contributed by atoms with Gasteiger partial charge in [0.05, 0.1) is 6.54 Å². The summed E-state index contributed by atoms with van der Waals surface area (Å²) in [6.07, 6.45) is 7.80. The van der Waals surface area contributed by atoms with Crippen LogP contribution in [0.4, 0.5) is 5.82 Å². The lowest BCUT2D eigenvalue weighted by Gasteiger charge is -2.15. The molecule has 0 saturated carbocycles. The zero-order chi connectivity index (χ0) is 21.1. The van der Waals surface area contributed by atoms with Gasteiger partial charge in [0.15, 0.2) is 0 Å². The average molecular weight is 403 g/mol. The smallest absolute Gasteiger partial charge is 0.246 e. The van der Waals surface area contributed by atoms with Crippen molar-refractivity contribution in [1.29, 1.82) is 0 Å². The van der Waals surface area contributed by atoms with Gasteiger partial charge in [-0.25, -0.2) is 4.98 Å². The molecule has 4 rings (SSSR count). The largest absolute Gasteiger partial charge is 0.361 e. The topological polar surface area (TPSA) is 81.3 Å². The van der Waals surface area contributed by atoms with E-state index in [1.54, 1.807) is 30.3 Å². The second kappa shape index (κ2) is 8.51. The molecule has 3 heterocycles. The number of hydrogen-bond acceptors (Lipinski definition) is 4. The monoisotopic (exact) mass is 403 g/mol. The fraction of sp³-hybridized carbons (Fsp3) is 0.261. The lowest BCUT2D eigenvalue weighted by molar-refractivity contribution is -0.124. The summed E-state index contributed by atoms with van der Waals surface area (Å²) in [7, 11) is 3.70. The summed E-state index contributed by atoms with van der Waals surface area (Å²) < 4.78 is 0. The predicted molar refractivity (Wildman–Crippen MR) is 118 cm³/mol. The first-order chi connectivity index (χ1) is 14.5. The maximum atomic E-state index is 12.5. The number of carbonyl (C=O) groups excluding carboxylic acids is 2. The standard InChI is InChI=1S/C23H25N5O2/c1-27-14-18-11-16(12-25-23(18)26-21(29)15-27)7-8-22(30)28(2)10-9-17-13-24-20-6-4-3-5-19(17)20/h3-8,11-13,24H,9-10,14-15H2,1-2H3,(H,25,26,29)/b8-7+. The van der Waals surface area contributed by atoms with Crippen LogP contribution in [0.5, 0.6) is 0 Å². The third kappa shape index (κ3) is 4.41. The Morgan fingerprint density at radius 2 is 2.13 bits per heavy atom. The Hall–Kier alpha value is -3.45. The molecule has 0 atom stereocenters. The van der Waals surface area contributed by atoms with Crippen LogP contribution in [0.15, 0.2) is 48.8 Å². The van der Waals surface area contributed by atoms with Crippen LogP contribution in [-0.4, -0.2) is 58.8 Å². The highest BCUT2D eigenvalue weighted by Crippen LogP contribution is 2.20. The predicted octanol–water partition coefficient (Wildman–Crippen LogP) is 2.66. The Morgan fingerprint density at radius 3 is 3.00 bits per heavy atom. The number of para-hydroxylation sites is 1. The van der Waals surface area contributed by atoms with Crippen LogP contribution in [0.25, 0.3) is 17.0 Å². The van der Waals surface area contributed by atoms with Crippen LogP contribution in [0.1, 0.15) is 16.7 Å². The van der Waals surface area contributed by atoms with Crippen molar-refractivity contribution < 1.29 is 9.59 Å². The van der Waals surface area contributed by atoms with Crippen LogP contribution >= 0.6 is 0 Å². The molecule has 0 aliphatic carbocycles. The molecule has 2 aromatic heterocycles. The summed E-state index contributed by atoms with van der Waals surface area (Å²) in [6, 6.07) is 10.1. The van der Waals surface area contributed by atoms with E-state index < -0.39 is 0 Å². The number of amides is 2. The van der Waals surface area contributed by atoms with Crippen LogP contribution in [0.3, 0.4) is 0 Å². The van der Waals surface area contributed by atoms with Gasteiger partial charge in [0, 0.05) is 55.1 Å². The number of rotatable bonds is 5. The van der Waals surface area contributed by atoms with Gasteiger partial charge in [-0.1, -0.05) is 18.2 Å². The van der Waals surface area contributed by atoms with E-state index in [4.69, 9.17) is 0 Å². The molecule has 0 unspecified atom stereocenters. The van der Waals surface area contributed by atoms with Gasteiger partial charge in [0.2, 0.25) is 11.8 Å². The van der Waals surface area contributed by atoms with Crippen molar-refractivity contribution in [2.24, 2.45) is 0 Å². The van der Waals surface area contributed by atoms with Crippen molar-refractivity contribution in [3.05, 3.63) is 65.5 Å². The van der Waals surface area contributed by atoms with Gasteiger partial charge < -0.3 is 15.2 Å². The number of carbonyl (C=O) groups is 2. The highest BCUT2D eigenvalue weighted by molar-refractivity contribution is 5.93. The van der Waals surface area contributed by atoms with E-state index in [9.17, 15) is 9.59 Å². The molecular formula is C23H25N5O2.